The van der Waals surface area contributed by atoms with E-state index in [0.29, 0.717) is 51.0 Å². The van der Waals surface area contributed by atoms with Crippen LogP contribution in [0, 0.1) is 0 Å². The molecule has 3 aromatic carbocycles. The van der Waals surface area contributed by atoms with Crippen molar-refractivity contribution < 1.29 is 33.3 Å². The Bertz CT molecular complexity index is 1190. The lowest BCUT2D eigenvalue weighted by Crippen LogP contribution is -2.05. The molecule has 3 aromatic rings. The molecule has 0 saturated carbocycles. The van der Waals surface area contributed by atoms with Gasteiger partial charge in [-0.25, -0.2) is 0 Å². The highest BCUT2D eigenvalue weighted by atomic mass is 16.5. The third-order valence-corrected chi connectivity index (χ3v) is 5.21. The van der Waals surface area contributed by atoms with Crippen LogP contribution in [0.2, 0.25) is 0 Å². The third-order valence-electron chi connectivity index (χ3n) is 5.21. The quantitative estimate of drug-likeness (QED) is 0.315. The van der Waals surface area contributed by atoms with Crippen molar-refractivity contribution in [2.24, 2.45) is 0 Å². The molecular weight excluding hydrogens is 436 g/mol. The van der Waals surface area contributed by atoms with Gasteiger partial charge in [0.25, 0.3) is 0 Å². The molecule has 0 bridgehead atoms. The molecule has 0 amide bonds. The highest BCUT2D eigenvalue weighted by Gasteiger charge is 2.19. The van der Waals surface area contributed by atoms with E-state index in [1.807, 2.05) is 0 Å². The summed E-state index contributed by atoms with van der Waals surface area (Å²) < 4.78 is 26.6. The van der Waals surface area contributed by atoms with Gasteiger partial charge in [0.05, 0.1) is 35.5 Å². The first-order chi connectivity index (χ1) is 16.4. The summed E-state index contributed by atoms with van der Waals surface area (Å²) in [6.07, 6.45) is 3.06. The Morgan fingerprint density at radius 1 is 0.618 bits per heavy atom. The number of carbonyl (C=O) groups excluding carboxylic acids is 2. The topological polar surface area (TPSA) is 80.3 Å². The van der Waals surface area contributed by atoms with Crippen LogP contribution in [0.15, 0.2) is 60.7 Å². The lowest BCUT2D eigenvalue weighted by atomic mass is 9.99. The molecule has 7 nitrogen and oxygen atoms in total. The number of benzene rings is 3. The molecular formula is C27H26O7. The van der Waals surface area contributed by atoms with E-state index in [-0.39, 0.29) is 11.6 Å². The molecule has 0 spiro atoms. The van der Waals surface area contributed by atoms with Gasteiger partial charge < -0.3 is 23.7 Å². The normalized spacial score (nSPS) is 10.6. The number of rotatable bonds is 10. The predicted octanol–water partition coefficient (Wildman–Crippen LogP) is 4.86. The molecule has 176 valence electrons. The summed E-state index contributed by atoms with van der Waals surface area (Å²) in [6, 6.07) is 15.0. The Morgan fingerprint density at radius 2 is 1.21 bits per heavy atom. The highest BCUT2D eigenvalue weighted by Crippen LogP contribution is 2.39. The second-order valence-corrected chi connectivity index (χ2v) is 7.13. The van der Waals surface area contributed by atoms with Crippen LogP contribution in [0.4, 0.5) is 0 Å². The van der Waals surface area contributed by atoms with Crippen LogP contribution >= 0.6 is 0 Å². The molecule has 7 heteroatoms. The van der Waals surface area contributed by atoms with Gasteiger partial charge >= 0.3 is 0 Å². The molecule has 0 aliphatic heterocycles. The molecule has 0 aliphatic rings. The standard InChI is InChI=1S/C27H26O7/c1-30-21-10-6-17(7-11-21)22(28)12-8-18-14-19(9-13-23(18)31-2)26(29)20-15-24(32-3)27(34-5)25(16-20)33-4/h6-16H,1-5H3/b12-8+. The van der Waals surface area contributed by atoms with Gasteiger partial charge in [-0.1, -0.05) is 0 Å². The van der Waals surface area contributed by atoms with Gasteiger partial charge in [0, 0.05) is 22.3 Å². The van der Waals surface area contributed by atoms with Crippen LogP contribution in [0.1, 0.15) is 31.8 Å². The second kappa shape index (κ2) is 11.0. The number of hydrogen-bond donors (Lipinski definition) is 0. The Balaban J connectivity index is 1.93. The van der Waals surface area contributed by atoms with Gasteiger partial charge in [0.1, 0.15) is 11.5 Å². The van der Waals surface area contributed by atoms with Gasteiger partial charge in [-0.15, -0.1) is 0 Å². The summed E-state index contributed by atoms with van der Waals surface area (Å²) in [5.74, 6) is 1.91. The molecule has 0 saturated heterocycles. The van der Waals surface area contributed by atoms with Crippen molar-refractivity contribution in [2.45, 2.75) is 0 Å². The fraction of sp³-hybridized carbons (Fsp3) is 0.185. The van der Waals surface area contributed by atoms with Crippen LogP contribution in [0.3, 0.4) is 0 Å². The van der Waals surface area contributed by atoms with E-state index in [2.05, 4.69) is 0 Å². The highest BCUT2D eigenvalue weighted by molar-refractivity contribution is 6.10. The van der Waals surface area contributed by atoms with E-state index in [1.54, 1.807) is 67.8 Å². The average Bonchev–Trinajstić information content (AvgIpc) is 2.90. The minimum Gasteiger partial charge on any atom is -0.497 e. The number of methoxy groups -OCH3 is 5. The Labute approximate surface area is 198 Å². The molecule has 3 rings (SSSR count). The smallest absolute Gasteiger partial charge is 0.203 e. The summed E-state index contributed by atoms with van der Waals surface area (Å²) in [7, 11) is 7.56. The van der Waals surface area contributed by atoms with E-state index >= 15 is 0 Å². The molecule has 0 fully saturated rings. The van der Waals surface area contributed by atoms with E-state index in [0.717, 1.165) is 0 Å². The second-order valence-electron chi connectivity index (χ2n) is 7.13. The number of ether oxygens (including phenoxy) is 5. The summed E-state index contributed by atoms with van der Waals surface area (Å²) in [5, 5.41) is 0. The summed E-state index contributed by atoms with van der Waals surface area (Å²) >= 11 is 0. The largest absolute Gasteiger partial charge is 0.497 e. The Kier molecular flexibility index (Phi) is 7.92. The fourth-order valence-corrected chi connectivity index (χ4v) is 3.40. The first-order valence-electron chi connectivity index (χ1n) is 10.3. The fourth-order valence-electron chi connectivity index (χ4n) is 3.40. The monoisotopic (exact) mass is 462 g/mol. The maximum Gasteiger partial charge on any atom is 0.203 e. The minimum absolute atomic E-state index is 0.189. The first kappa shape index (κ1) is 24.4. The maximum atomic E-state index is 13.3. The van der Waals surface area contributed by atoms with E-state index in [9.17, 15) is 9.59 Å². The first-order valence-corrected chi connectivity index (χ1v) is 10.3. The van der Waals surface area contributed by atoms with Gasteiger partial charge in [-0.3, -0.25) is 9.59 Å². The summed E-state index contributed by atoms with van der Waals surface area (Å²) in [5.41, 5.74) is 1.87. The van der Waals surface area contributed by atoms with Gasteiger partial charge in [-0.05, 0) is 66.7 Å². The number of ketones is 2. The zero-order valence-corrected chi connectivity index (χ0v) is 19.7. The van der Waals surface area contributed by atoms with Crippen LogP contribution in [0.25, 0.3) is 6.08 Å². The lowest BCUT2D eigenvalue weighted by molar-refractivity contribution is 0.103. The van der Waals surface area contributed by atoms with Crippen molar-refractivity contribution in [3.8, 4) is 28.7 Å². The molecule has 0 atom stereocenters. The van der Waals surface area contributed by atoms with Crippen LogP contribution in [0.5, 0.6) is 28.7 Å². The molecule has 0 aliphatic carbocycles. The number of allylic oxidation sites excluding steroid dienone is 1. The molecule has 34 heavy (non-hydrogen) atoms. The molecule has 0 aromatic heterocycles. The van der Waals surface area contributed by atoms with E-state index in [1.165, 1.54) is 34.5 Å². The van der Waals surface area contributed by atoms with Crippen molar-refractivity contribution in [3.05, 3.63) is 82.9 Å². The number of carbonyl (C=O) groups is 2. The van der Waals surface area contributed by atoms with Crippen molar-refractivity contribution in [2.75, 3.05) is 35.5 Å². The molecule has 0 radical (unpaired) electrons. The van der Waals surface area contributed by atoms with E-state index < -0.39 is 0 Å². The van der Waals surface area contributed by atoms with Crippen molar-refractivity contribution >= 4 is 17.6 Å². The van der Waals surface area contributed by atoms with E-state index in [4.69, 9.17) is 23.7 Å². The molecule has 0 heterocycles. The number of hydrogen-bond acceptors (Lipinski definition) is 7. The minimum atomic E-state index is -0.252. The zero-order valence-electron chi connectivity index (χ0n) is 19.7. The van der Waals surface area contributed by atoms with Crippen molar-refractivity contribution in [1.29, 1.82) is 0 Å². The van der Waals surface area contributed by atoms with Gasteiger partial charge in [-0.2, -0.15) is 0 Å². The van der Waals surface area contributed by atoms with Crippen LogP contribution in [-0.4, -0.2) is 47.1 Å². The van der Waals surface area contributed by atoms with Crippen LogP contribution < -0.4 is 23.7 Å². The SMILES string of the molecule is COc1ccc(C(=O)/C=C/c2cc(C(=O)c3cc(OC)c(OC)c(OC)c3)ccc2OC)cc1. The maximum absolute atomic E-state index is 13.3. The zero-order chi connectivity index (χ0) is 24.7. The summed E-state index contributed by atoms with van der Waals surface area (Å²) in [6.45, 7) is 0. The average molecular weight is 462 g/mol. The van der Waals surface area contributed by atoms with Crippen LogP contribution in [-0.2, 0) is 0 Å². The third kappa shape index (κ3) is 5.20. The van der Waals surface area contributed by atoms with Gasteiger partial charge in [0.2, 0.25) is 5.75 Å². The predicted molar refractivity (Wildman–Crippen MR) is 129 cm³/mol. The summed E-state index contributed by atoms with van der Waals surface area (Å²) in [4.78, 5) is 25.8. The lowest BCUT2D eigenvalue weighted by Gasteiger charge is -2.14. The Morgan fingerprint density at radius 3 is 1.74 bits per heavy atom. The molecule has 0 N–H and O–H groups in total. The van der Waals surface area contributed by atoms with Crippen molar-refractivity contribution in [1.82, 2.24) is 0 Å². The van der Waals surface area contributed by atoms with Crippen molar-refractivity contribution in [3.63, 3.8) is 0 Å². The Hall–Kier alpha value is -4.26. The van der Waals surface area contributed by atoms with Gasteiger partial charge in [0.15, 0.2) is 23.1 Å². The molecule has 0 unspecified atom stereocenters.